The summed E-state index contributed by atoms with van der Waals surface area (Å²) in [4.78, 5) is 16.2. The van der Waals surface area contributed by atoms with Crippen LogP contribution in [0.5, 0.6) is 0 Å². The predicted octanol–water partition coefficient (Wildman–Crippen LogP) is 1.76. The van der Waals surface area contributed by atoms with Crippen LogP contribution in [-0.4, -0.2) is 78.6 Å². The third-order valence-electron chi connectivity index (χ3n) is 4.14. The van der Waals surface area contributed by atoms with Crippen molar-refractivity contribution in [1.82, 2.24) is 25.1 Å². The highest BCUT2D eigenvalue weighted by molar-refractivity contribution is 5.80. The van der Waals surface area contributed by atoms with E-state index in [2.05, 4.69) is 49.2 Å². The highest BCUT2D eigenvalue weighted by atomic mass is 19.4. The zero-order valence-corrected chi connectivity index (χ0v) is 16.1. The van der Waals surface area contributed by atoms with Gasteiger partial charge in [-0.1, -0.05) is 13.8 Å². The summed E-state index contributed by atoms with van der Waals surface area (Å²) >= 11 is 0. The topological polar surface area (TPSA) is 68.7 Å². The molecule has 1 aromatic rings. The van der Waals surface area contributed by atoms with Crippen LogP contribution in [0.3, 0.4) is 0 Å². The minimum atomic E-state index is -4.47. The minimum absolute atomic E-state index is 0.0380. The number of nitrogens with zero attached hydrogens (tertiary/aromatic N) is 5. The molecule has 1 aromatic heterocycles. The number of piperazine rings is 1. The Labute approximate surface area is 158 Å². The summed E-state index contributed by atoms with van der Waals surface area (Å²) in [5, 5.41) is 6.03. The number of anilines is 1. The minimum Gasteiger partial charge on any atom is -0.354 e. The Morgan fingerprint density at radius 1 is 1.22 bits per heavy atom. The molecular formula is C17H28F3N7. The van der Waals surface area contributed by atoms with Crippen molar-refractivity contribution in [2.45, 2.75) is 20.0 Å². The van der Waals surface area contributed by atoms with Gasteiger partial charge in [-0.15, -0.1) is 0 Å². The maximum absolute atomic E-state index is 12.7. The summed E-state index contributed by atoms with van der Waals surface area (Å²) in [6, 6.07) is 0.851. The van der Waals surface area contributed by atoms with Crippen molar-refractivity contribution in [3.63, 3.8) is 0 Å². The molecule has 2 N–H and O–H groups in total. The molecule has 0 aliphatic carbocycles. The number of hydrogen-bond acceptors (Lipinski definition) is 5. The third-order valence-corrected chi connectivity index (χ3v) is 4.14. The molecule has 2 heterocycles. The van der Waals surface area contributed by atoms with Gasteiger partial charge in [0.15, 0.2) is 5.96 Å². The first-order valence-corrected chi connectivity index (χ1v) is 9.11. The van der Waals surface area contributed by atoms with E-state index >= 15 is 0 Å². The van der Waals surface area contributed by atoms with E-state index in [1.165, 1.54) is 0 Å². The fourth-order valence-electron chi connectivity index (χ4n) is 2.94. The van der Waals surface area contributed by atoms with E-state index < -0.39 is 11.9 Å². The SMILES string of the molecule is CN=C(NCCNc1nccc(C(F)(F)F)n1)N1CCN(CC(C)C)CC1. The second-order valence-electron chi connectivity index (χ2n) is 6.85. The summed E-state index contributed by atoms with van der Waals surface area (Å²) < 4.78 is 38.0. The van der Waals surface area contributed by atoms with Gasteiger partial charge in [-0.25, -0.2) is 9.97 Å². The van der Waals surface area contributed by atoms with Crippen molar-refractivity contribution in [2.75, 3.05) is 58.2 Å². The highest BCUT2D eigenvalue weighted by Gasteiger charge is 2.32. The van der Waals surface area contributed by atoms with Crippen LogP contribution in [-0.2, 0) is 6.18 Å². The van der Waals surface area contributed by atoms with Crippen LogP contribution < -0.4 is 10.6 Å². The van der Waals surface area contributed by atoms with E-state index in [4.69, 9.17) is 0 Å². The molecule has 1 aliphatic heterocycles. The van der Waals surface area contributed by atoms with Gasteiger partial charge in [0.2, 0.25) is 5.95 Å². The van der Waals surface area contributed by atoms with Gasteiger partial charge >= 0.3 is 6.18 Å². The molecule has 0 amide bonds. The van der Waals surface area contributed by atoms with Gasteiger partial charge < -0.3 is 15.5 Å². The Bertz CT molecular complexity index is 611. The summed E-state index contributed by atoms with van der Waals surface area (Å²) in [6.07, 6.45) is -3.38. The Morgan fingerprint density at radius 2 is 1.93 bits per heavy atom. The molecule has 1 saturated heterocycles. The molecule has 152 valence electrons. The van der Waals surface area contributed by atoms with E-state index in [1.807, 2.05) is 0 Å². The number of alkyl halides is 3. The van der Waals surface area contributed by atoms with Crippen molar-refractivity contribution in [3.05, 3.63) is 18.0 Å². The summed E-state index contributed by atoms with van der Waals surface area (Å²) in [5.41, 5.74) is -0.956. The number of halogens is 3. The van der Waals surface area contributed by atoms with Gasteiger partial charge in [0.1, 0.15) is 5.69 Å². The molecule has 0 spiro atoms. The number of hydrogen-bond donors (Lipinski definition) is 2. The average Bonchev–Trinajstić information content (AvgIpc) is 2.62. The number of aromatic nitrogens is 2. The van der Waals surface area contributed by atoms with Crippen LogP contribution in [0.2, 0.25) is 0 Å². The fourth-order valence-corrected chi connectivity index (χ4v) is 2.94. The van der Waals surface area contributed by atoms with Crippen molar-refractivity contribution in [2.24, 2.45) is 10.9 Å². The second kappa shape index (κ2) is 9.72. The van der Waals surface area contributed by atoms with Gasteiger partial charge in [-0.2, -0.15) is 13.2 Å². The summed E-state index contributed by atoms with van der Waals surface area (Å²) in [6.45, 7) is 10.2. The molecule has 1 aliphatic rings. The second-order valence-corrected chi connectivity index (χ2v) is 6.85. The maximum atomic E-state index is 12.7. The van der Waals surface area contributed by atoms with Gasteiger partial charge in [-0.3, -0.25) is 9.89 Å². The van der Waals surface area contributed by atoms with Crippen LogP contribution >= 0.6 is 0 Å². The smallest absolute Gasteiger partial charge is 0.354 e. The molecule has 7 nitrogen and oxygen atoms in total. The van der Waals surface area contributed by atoms with Crippen molar-refractivity contribution >= 4 is 11.9 Å². The van der Waals surface area contributed by atoms with E-state index in [-0.39, 0.29) is 5.95 Å². The molecule has 10 heteroatoms. The van der Waals surface area contributed by atoms with Crippen LogP contribution in [0.1, 0.15) is 19.5 Å². The maximum Gasteiger partial charge on any atom is 0.433 e. The van der Waals surface area contributed by atoms with Crippen LogP contribution in [0.4, 0.5) is 19.1 Å². The number of aliphatic imine (C=N–C) groups is 1. The van der Waals surface area contributed by atoms with E-state index in [0.29, 0.717) is 19.0 Å². The lowest BCUT2D eigenvalue weighted by Gasteiger charge is -2.37. The molecule has 0 unspecified atom stereocenters. The Hall–Kier alpha value is -2.10. The van der Waals surface area contributed by atoms with Gasteiger partial charge in [0.25, 0.3) is 0 Å². The molecule has 0 saturated carbocycles. The normalized spacial score (nSPS) is 16.7. The third kappa shape index (κ3) is 6.85. The molecule has 0 atom stereocenters. The zero-order valence-electron chi connectivity index (χ0n) is 16.1. The van der Waals surface area contributed by atoms with Gasteiger partial charge in [0, 0.05) is 59.1 Å². The van der Waals surface area contributed by atoms with Gasteiger partial charge in [0.05, 0.1) is 0 Å². The van der Waals surface area contributed by atoms with E-state index in [9.17, 15) is 13.2 Å². The summed E-state index contributed by atoms with van der Waals surface area (Å²) in [5.74, 6) is 1.41. The lowest BCUT2D eigenvalue weighted by atomic mass is 10.2. The number of nitrogens with one attached hydrogen (secondary N) is 2. The highest BCUT2D eigenvalue weighted by Crippen LogP contribution is 2.27. The molecular weight excluding hydrogens is 359 g/mol. The summed E-state index contributed by atoms with van der Waals surface area (Å²) in [7, 11) is 1.73. The molecule has 0 radical (unpaired) electrons. The van der Waals surface area contributed by atoms with Crippen molar-refractivity contribution in [3.8, 4) is 0 Å². The molecule has 1 fully saturated rings. The lowest BCUT2D eigenvalue weighted by molar-refractivity contribution is -0.141. The first-order chi connectivity index (χ1) is 12.8. The Balaban J connectivity index is 1.74. The monoisotopic (exact) mass is 387 g/mol. The standard InChI is InChI=1S/C17H28F3N7/c1-13(2)12-26-8-10-27(11-9-26)16(21-3)24-7-6-23-15-22-5-4-14(25-15)17(18,19)20/h4-5,13H,6-12H2,1-3H3,(H,21,24)(H,22,23,25). The number of rotatable bonds is 6. The molecule has 0 aromatic carbocycles. The zero-order chi connectivity index (χ0) is 19.9. The lowest BCUT2D eigenvalue weighted by Crippen LogP contribution is -2.53. The van der Waals surface area contributed by atoms with Crippen molar-refractivity contribution in [1.29, 1.82) is 0 Å². The first-order valence-electron chi connectivity index (χ1n) is 9.11. The Kier molecular flexibility index (Phi) is 7.64. The van der Waals surface area contributed by atoms with Crippen molar-refractivity contribution < 1.29 is 13.2 Å². The Morgan fingerprint density at radius 3 is 2.52 bits per heavy atom. The molecule has 0 bridgehead atoms. The number of guanidine groups is 1. The quantitative estimate of drug-likeness (QED) is 0.440. The van der Waals surface area contributed by atoms with E-state index in [1.54, 1.807) is 7.05 Å². The molecule has 2 rings (SSSR count). The van der Waals surface area contributed by atoms with Crippen LogP contribution in [0.25, 0.3) is 0 Å². The molecule has 27 heavy (non-hydrogen) atoms. The van der Waals surface area contributed by atoms with E-state index in [0.717, 1.165) is 50.9 Å². The fraction of sp³-hybridized carbons (Fsp3) is 0.706. The first kappa shape index (κ1) is 21.2. The van der Waals surface area contributed by atoms with Gasteiger partial charge in [-0.05, 0) is 12.0 Å². The van der Waals surface area contributed by atoms with Crippen LogP contribution in [0.15, 0.2) is 17.3 Å². The average molecular weight is 387 g/mol. The predicted molar refractivity (Wildman–Crippen MR) is 99.7 cm³/mol. The van der Waals surface area contributed by atoms with Crippen LogP contribution in [0, 0.1) is 5.92 Å². The largest absolute Gasteiger partial charge is 0.433 e.